The highest BCUT2D eigenvalue weighted by Gasteiger charge is 2.18. The lowest BCUT2D eigenvalue weighted by atomic mass is 10.0. The molecular weight excluding hydrogens is 346 g/mol. The Morgan fingerprint density at radius 1 is 1.04 bits per heavy atom. The maximum absolute atomic E-state index is 13.1. The number of hydrogen-bond donors (Lipinski definition) is 1. The predicted octanol–water partition coefficient (Wildman–Crippen LogP) is 4.51. The summed E-state index contributed by atoms with van der Waals surface area (Å²) in [6.07, 6.45) is 3.84. The van der Waals surface area contributed by atoms with Crippen LogP contribution < -0.4 is 5.32 Å². The average Bonchev–Trinajstić information content (AvgIpc) is 2.74. The van der Waals surface area contributed by atoms with Gasteiger partial charge in [0.2, 0.25) is 0 Å². The first-order chi connectivity index (χ1) is 13.7. The molecule has 1 atom stereocenters. The van der Waals surface area contributed by atoms with Crippen molar-refractivity contribution in [1.29, 1.82) is 0 Å². The smallest absolute Gasteiger partial charge is 0.252 e. The van der Waals surface area contributed by atoms with E-state index >= 15 is 0 Å². The number of para-hydroxylation sites is 1. The summed E-state index contributed by atoms with van der Waals surface area (Å²) >= 11 is 0. The molecule has 3 aromatic rings. The molecule has 1 amide bonds. The van der Waals surface area contributed by atoms with Crippen molar-refractivity contribution in [2.45, 2.75) is 32.2 Å². The Kier molecular flexibility index (Phi) is 5.68. The lowest BCUT2D eigenvalue weighted by Gasteiger charge is -2.29. The molecule has 0 saturated carbocycles. The van der Waals surface area contributed by atoms with E-state index in [1.54, 1.807) is 0 Å². The molecule has 0 aliphatic carbocycles. The standard InChI is InChI=1S/C24H27N3O/c1-18(17-27-14-8-3-9-15-27)25-24(28)21-16-23(19-10-4-2-5-11-19)26-22-13-7-6-12-20(21)22/h2,4-7,10-13,16,18H,3,8-9,14-15,17H2,1H3,(H,25,28)/t18-/m1/s1. The molecule has 1 fully saturated rings. The van der Waals surface area contributed by atoms with E-state index in [-0.39, 0.29) is 11.9 Å². The van der Waals surface area contributed by atoms with Crippen LogP contribution in [0.3, 0.4) is 0 Å². The number of fused-ring (bicyclic) bond motifs is 1. The molecule has 4 rings (SSSR count). The molecule has 4 nitrogen and oxygen atoms in total. The number of piperidine rings is 1. The first kappa shape index (κ1) is 18.6. The summed E-state index contributed by atoms with van der Waals surface area (Å²) in [5.41, 5.74) is 3.38. The number of hydrogen-bond acceptors (Lipinski definition) is 3. The number of nitrogens with one attached hydrogen (secondary N) is 1. The summed E-state index contributed by atoms with van der Waals surface area (Å²) < 4.78 is 0. The highest BCUT2D eigenvalue weighted by molar-refractivity contribution is 6.07. The maximum Gasteiger partial charge on any atom is 0.252 e. The Balaban J connectivity index is 1.60. The summed E-state index contributed by atoms with van der Waals surface area (Å²) in [4.78, 5) is 20.4. The summed E-state index contributed by atoms with van der Waals surface area (Å²) in [7, 11) is 0. The fraction of sp³-hybridized carbons (Fsp3) is 0.333. The van der Waals surface area contributed by atoms with Crippen molar-refractivity contribution < 1.29 is 4.79 Å². The topological polar surface area (TPSA) is 45.2 Å². The zero-order valence-corrected chi connectivity index (χ0v) is 16.4. The van der Waals surface area contributed by atoms with Gasteiger partial charge in [0.25, 0.3) is 5.91 Å². The van der Waals surface area contributed by atoms with Crippen LogP contribution in [-0.4, -0.2) is 41.5 Å². The SMILES string of the molecule is C[C@H](CN1CCCCC1)NC(=O)c1cc(-c2ccccc2)nc2ccccc12. The molecule has 1 N–H and O–H groups in total. The normalized spacial score (nSPS) is 16.0. The third-order valence-corrected chi connectivity index (χ3v) is 5.39. The van der Waals surface area contributed by atoms with E-state index in [1.807, 2.05) is 60.7 Å². The number of carbonyl (C=O) groups excluding carboxylic acids is 1. The van der Waals surface area contributed by atoms with Crippen LogP contribution in [0.15, 0.2) is 60.7 Å². The molecule has 144 valence electrons. The van der Waals surface area contributed by atoms with Gasteiger partial charge in [0.05, 0.1) is 16.8 Å². The van der Waals surface area contributed by atoms with Gasteiger partial charge in [-0.15, -0.1) is 0 Å². The predicted molar refractivity (Wildman–Crippen MR) is 114 cm³/mol. The monoisotopic (exact) mass is 373 g/mol. The molecule has 0 radical (unpaired) electrons. The van der Waals surface area contributed by atoms with E-state index in [0.29, 0.717) is 5.56 Å². The van der Waals surface area contributed by atoms with Crippen molar-refractivity contribution in [1.82, 2.24) is 15.2 Å². The Bertz CT molecular complexity index is 948. The van der Waals surface area contributed by atoms with Crippen molar-refractivity contribution in [3.05, 3.63) is 66.2 Å². The highest BCUT2D eigenvalue weighted by Crippen LogP contribution is 2.25. The zero-order valence-electron chi connectivity index (χ0n) is 16.4. The molecule has 0 unspecified atom stereocenters. The number of likely N-dealkylation sites (tertiary alicyclic amines) is 1. The second-order valence-corrected chi connectivity index (χ2v) is 7.67. The number of amides is 1. The van der Waals surface area contributed by atoms with E-state index in [0.717, 1.165) is 41.8 Å². The Morgan fingerprint density at radius 2 is 1.75 bits per heavy atom. The highest BCUT2D eigenvalue weighted by atomic mass is 16.1. The number of carbonyl (C=O) groups is 1. The number of rotatable bonds is 5. The van der Waals surface area contributed by atoms with Gasteiger partial charge in [-0.25, -0.2) is 4.98 Å². The van der Waals surface area contributed by atoms with E-state index in [4.69, 9.17) is 4.98 Å². The van der Waals surface area contributed by atoms with Crippen molar-refractivity contribution in [2.24, 2.45) is 0 Å². The van der Waals surface area contributed by atoms with Crippen LogP contribution in [0, 0.1) is 0 Å². The van der Waals surface area contributed by atoms with Gasteiger partial charge in [-0.3, -0.25) is 4.79 Å². The first-order valence-corrected chi connectivity index (χ1v) is 10.2. The third kappa shape index (κ3) is 4.23. The molecule has 0 spiro atoms. The van der Waals surface area contributed by atoms with E-state index in [2.05, 4.69) is 17.1 Å². The molecule has 0 bridgehead atoms. The van der Waals surface area contributed by atoms with Crippen molar-refractivity contribution >= 4 is 16.8 Å². The Hall–Kier alpha value is -2.72. The van der Waals surface area contributed by atoms with Crippen LogP contribution >= 0.6 is 0 Å². The molecule has 1 saturated heterocycles. The second-order valence-electron chi connectivity index (χ2n) is 7.67. The Morgan fingerprint density at radius 3 is 2.54 bits per heavy atom. The number of nitrogens with zero attached hydrogens (tertiary/aromatic N) is 2. The molecule has 2 heterocycles. The first-order valence-electron chi connectivity index (χ1n) is 10.2. The molecular formula is C24H27N3O. The minimum atomic E-state index is -0.0275. The lowest BCUT2D eigenvalue weighted by Crippen LogP contribution is -2.43. The summed E-state index contributed by atoms with van der Waals surface area (Å²) in [5, 5.41) is 4.10. The van der Waals surface area contributed by atoms with Crippen LogP contribution in [0.2, 0.25) is 0 Å². The molecule has 28 heavy (non-hydrogen) atoms. The van der Waals surface area contributed by atoms with E-state index in [1.165, 1.54) is 19.3 Å². The van der Waals surface area contributed by atoms with E-state index < -0.39 is 0 Å². The second kappa shape index (κ2) is 8.53. The molecule has 1 aromatic heterocycles. The van der Waals surface area contributed by atoms with E-state index in [9.17, 15) is 4.79 Å². The van der Waals surface area contributed by atoms with Gasteiger partial charge in [0.1, 0.15) is 0 Å². The van der Waals surface area contributed by atoms with Gasteiger partial charge in [-0.2, -0.15) is 0 Å². The molecule has 1 aliphatic rings. The quantitative estimate of drug-likeness (QED) is 0.716. The van der Waals surface area contributed by atoms with Crippen molar-refractivity contribution in [2.75, 3.05) is 19.6 Å². The van der Waals surface area contributed by atoms with Crippen molar-refractivity contribution in [3.8, 4) is 11.3 Å². The largest absolute Gasteiger partial charge is 0.348 e. The molecule has 4 heteroatoms. The molecule has 1 aliphatic heterocycles. The van der Waals surface area contributed by atoms with Crippen LogP contribution in [0.5, 0.6) is 0 Å². The van der Waals surface area contributed by atoms with Gasteiger partial charge in [-0.05, 0) is 45.0 Å². The third-order valence-electron chi connectivity index (χ3n) is 5.39. The Labute approximate surface area is 166 Å². The maximum atomic E-state index is 13.1. The number of aromatic nitrogens is 1. The minimum Gasteiger partial charge on any atom is -0.348 e. The van der Waals surface area contributed by atoms with Gasteiger partial charge in [0.15, 0.2) is 0 Å². The minimum absolute atomic E-state index is 0.0275. The van der Waals surface area contributed by atoms with Crippen LogP contribution in [-0.2, 0) is 0 Å². The zero-order chi connectivity index (χ0) is 19.3. The van der Waals surface area contributed by atoms with Crippen LogP contribution in [0.4, 0.5) is 0 Å². The fourth-order valence-electron chi connectivity index (χ4n) is 4.00. The van der Waals surface area contributed by atoms with Gasteiger partial charge < -0.3 is 10.2 Å². The van der Waals surface area contributed by atoms with Crippen LogP contribution in [0.1, 0.15) is 36.5 Å². The van der Waals surface area contributed by atoms with Crippen LogP contribution in [0.25, 0.3) is 22.2 Å². The molecule has 2 aromatic carbocycles. The van der Waals surface area contributed by atoms with Crippen molar-refractivity contribution in [3.63, 3.8) is 0 Å². The fourth-order valence-corrected chi connectivity index (χ4v) is 4.00. The van der Waals surface area contributed by atoms with Gasteiger partial charge >= 0.3 is 0 Å². The average molecular weight is 374 g/mol. The summed E-state index contributed by atoms with van der Waals surface area (Å²) in [6, 6.07) is 19.9. The number of benzene rings is 2. The lowest BCUT2D eigenvalue weighted by molar-refractivity contribution is 0.0927. The summed E-state index contributed by atoms with van der Waals surface area (Å²) in [5.74, 6) is -0.0275. The van der Waals surface area contributed by atoms with Gasteiger partial charge in [-0.1, -0.05) is 55.0 Å². The van der Waals surface area contributed by atoms with Gasteiger partial charge in [0, 0.05) is 23.5 Å². The summed E-state index contributed by atoms with van der Waals surface area (Å²) in [6.45, 7) is 5.27. The number of pyridine rings is 1.